The van der Waals surface area contributed by atoms with Gasteiger partial charge in [0, 0.05) is 32.7 Å². The fourth-order valence-electron chi connectivity index (χ4n) is 1.57. The third-order valence-electron chi connectivity index (χ3n) is 2.13. The number of hydrogen-bond donors (Lipinski definition) is 0. The average molecular weight is 228 g/mol. The van der Waals surface area contributed by atoms with Gasteiger partial charge in [-0.15, -0.1) is 6.42 Å². The van der Waals surface area contributed by atoms with Gasteiger partial charge in [-0.25, -0.2) is 0 Å². The topological polar surface area (TPSA) is 3.24 Å². The van der Waals surface area contributed by atoms with Crippen molar-refractivity contribution in [2.75, 3.05) is 20.1 Å². The monoisotopic (exact) mass is 228 g/mol. The molecule has 0 amide bonds. The third-order valence-corrected chi connectivity index (χ3v) is 2.13. The van der Waals surface area contributed by atoms with Crippen molar-refractivity contribution in [1.29, 1.82) is 0 Å². The number of likely N-dealkylation sites (tertiary alicyclic amines) is 1. The number of rotatable bonds is 2. The molecule has 0 aromatic rings. The summed E-state index contributed by atoms with van der Waals surface area (Å²) in [7, 11) is 2.20. The Morgan fingerprint density at radius 1 is 1.64 bits per heavy atom. The van der Waals surface area contributed by atoms with Crippen molar-refractivity contribution in [2.45, 2.75) is 19.3 Å². The molecule has 1 atom stereocenters. The summed E-state index contributed by atoms with van der Waals surface area (Å²) in [6.45, 7) is 6.36. The molecule has 0 aliphatic carbocycles. The van der Waals surface area contributed by atoms with Crippen molar-refractivity contribution in [1.82, 2.24) is 4.90 Å². The molecule has 1 rings (SSSR count). The van der Waals surface area contributed by atoms with Gasteiger partial charge in [0.2, 0.25) is 0 Å². The van der Waals surface area contributed by atoms with Crippen LogP contribution in [0.1, 0.15) is 19.3 Å². The molecule has 0 spiro atoms. The normalized spacial score (nSPS) is 26.2. The minimum absolute atomic E-state index is 0. The van der Waals surface area contributed by atoms with E-state index < -0.39 is 0 Å². The Hall–Kier alpha value is 1.06. The fourth-order valence-corrected chi connectivity index (χ4v) is 1.57. The van der Waals surface area contributed by atoms with Crippen LogP contribution in [-0.2, 0) is 32.7 Å². The van der Waals surface area contributed by atoms with Crippen LogP contribution in [0.25, 0.3) is 0 Å². The molecule has 63 valence electrons. The molecule has 1 unspecified atom stereocenters. The maximum atomic E-state index is 3.87. The Kier molecular flexibility index (Phi) is 7.20. The summed E-state index contributed by atoms with van der Waals surface area (Å²) in [5.74, 6) is 0.816. The van der Waals surface area contributed by atoms with Crippen LogP contribution in [0.15, 0.2) is 0 Å². The van der Waals surface area contributed by atoms with Crippen LogP contribution >= 0.6 is 0 Å². The van der Waals surface area contributed by atoms with Gasteiger partial charge in [-0.2, -0.15) is 18.8 Å². The van der Waals surface area contributed by atoms with Crippen molar-refractivity contribution in [3.8, 4) is 0 Å². The van der Waals surface area contributed by atoms with E-state index in [9.17, 15) is 0 Å². The van der Waals surface area contributed by atoms with Gasteiger partial charge in [0.15, 0.2) is 0 Å². The predicted molar refractivity (Wildman–Crippen MR) is 44.5 cm³/mol. The Morgan fingerprint density at radius 3 is 2.91 bits per heavy atom. The van der Waals surface area contributed by atoms with Gasteiger partial charge in [0.1, 0.15) is 0 Å². The Balaban J connectivity index is 0.000001000. The standard InChI is InChI=1S/C9H17N.Y/c1-3-5-9-6-4-7-10(2)8-9;/h6,9H,1,3-5,7-8H2,2H3;/q-2;. The van der Waals surface area contributed by atoms with Gasteiger partial charge in [-0.05, 0) is 20.1 Å². The van der Waals surface area contributed by atoms with Crippen LogP contribution in [-0.4, -0.2) is 25.0 Å². The average Bonchev–Trinajstić information content (AvgIpc) is 1.88. The molecule has 0 aromatic heterocycles. The van der Waals surface area contributed by atoms with Crippen LogP contribution in [0, 0.1) is 19.3 Å². The summed E-state index contributed by atoms with van der Waals surface area (Å²) in [6.07, 6.45) is 6.06. The zero-order chi connectivity index (χ0) is 7.40. The van der Waals surface area contributed by atoms with E-state index in [0.717, 1.165) is 12.3 Å². The molecule has 1 aliphatic heterocycles. The van der Waals surface area contributed by atoms with E-state index >= 15 is 0 Å². The van der Waals surface area contributed by atoms with Crippen LogP contribution in [0.5, 0.6) is 0 Å². The van der Waals surface area contributed by atoms with Crippen LogP contribution in [0.4, 0.5) is 0 Å². The molecule has 11 heavy (non-hydrogen) atoms. The maximum absolute atomic E-state index is 3.87. The van der Waals surface area contributed by atoms with E-state index in [4.69, 9.17) is 0 Å². The van der Waals surface area contributed by atoms with E-state index in [1.165, 1.54) is 25.9 Å². The van der Waals surface area contributed by atoms with Crippen molar-refractivity contribution >= 4 is 0 Å². The number of piperidine rings is 1. The summed E-state index contributed by atoms with van der Waals surface area (Å²) in [5, 5.41) is 0. The first-order chi connectivity index (χ1) is 4.83. The molecule has 0 N–H and O–H groups in total. The minimum atomic E-state index is 0. The molecule has 1 nitrogen and oxygen atoms in total. The van der Waals surface area contributed by atoms with Crippen molar-refractivity contribution in [3.05, 3.63) is 13.3 Å². The molecule has 0 aromatic carbocycles. The predicted octanol–water partition coefficient (Wildman–Crippen LogP) is 1.75. The molecule has 0 bridgehead atoms. The SMILES string of the molecule is [CH2-]CCC1[CH-]CCN(C)C1.[Y]. The van der Waals surface area contributed by atoms with E-state index in [0.29, 0.717) is 0 Å². The Bertz CT molecular complexity index is 93.6. The summed E-state index contributed by atoms with van der Waals surface area (Å²) >= 11 is 0. The zero-order valence-corrected chi connectivity index (χ0v) is 10.3. The number of hydrogen-bond acceptors (Lipinski definition) is 1. The van der Waals surface area contributed by atoms with Gasteiger partial charge in [0.05, 0.1) is 0 Å². The van der Waals surface area contributed by atoms with Gasteiger partial charge >= 0.3 is 0 Å². The van der Waals surface area contributed by atoms with Crippen LogP contribution in [0.2, 0.25) is 0 Å². The molecular weight excluding hydrogens is 211 g/mol. The first kappa shape index (κ1) is 12.1. The van der Waals surface area contributed by atoms with E-state index in [-0.39, 0.29) is 32.7 Å². The molecule has 0 saturated carbocycles. The fraction of sp³-hybridized carbons (Fsp3) is 0.778. The second-order valence-electron chi connectivity index (χ2n) is 3.19. The summed E-state index contributed by atoms with van der Waals surface area (Å²) in [4.78, 5) is 2.40. The smallest absolute Gasteiger partial charge is 0 e. The molecule has 1 saturated heterocycles. The van der Waals surface area contributed by atoms with Gasteiger partial charge < -0.3 is 18.2 Å². The summed E-state index contributed by atoms with van der Waals surface area (Å²) in [6, 6.07) is 0. The maximum Gasteiger partial charge on any atom is 0 e. The molecule has 1 fully saturated rings. The van der Waals surface area contributed by atoms with Gasteiger partial charge in [-0.3, -0.25) is 0 Å². The first-order valence-electron chi connectivity index (χ1n) is 4.14. The molecule has 1 aliphatic rings. The Labute approximate surface area is 95.8 Å². The largest absolute Gasteiger partial charge is 0.343 e. The molecule has 1 heterocycles. The third kappa shape index (κ3) is 4.60. The second kappa shape index (κ2) is 6.57. The van der Waals surface area contributed by atoms with Gasteiger partial charge in [-0.1, -0.05) is 0 Å². The van der Waals surface area contributed by atoms with Crippen molar-refractivity contribution < 1.29 is 32.7 Å². The number of nitrogens with zero attached hydrogens (tertiary/aromatic N) is 1. The van der Waals surface area contributed by atoms with Crippen LogP contribution < -0.4 is 0 Å². The van der Waals surface area contributed by atoms with E-state index in [1.54, 1.807) is 0 Å². The quantitative estimate of drug-likeness (QED) is 0.651. The van der Waals surface area contributed by atoms with Crippen molar-refractivity contribution in [3.63, 3.8) is 0 Å². The van der Waals surface area contributed by atoms with Gasteiger partial charge in [0.25, 0.3) is 0 Å². The molecule has 1 radical (unpaired) electrons. The second-order valence-corrected chi connectivity index (χ2v) is 3.19. The Morgan fingerprint density at radius 2 is 2.36 bits per heavy atom. The molecular formula is C9H17NY-2. The minimum Gasteiger partial charge on any atom is -0.343 e. The van der Waals surface area contributed by atoms with Crippen LogP contribution in [0.3, 0.4) is 0 Å². The zero-order valence-electron chi connectivity index (χ0n) is 7.42. The van der Waals surface area contributed by atoms with E-state index in [2.05, 4.69) is 25.3 Å². The summed E-state index contributed by atoms with van der Waals surface area (Å²) < 4.78 is 0. The van der Waals surface area contributed by atoms with E-state index in [1.807, 2.05) is 0 Å². The molecule has 2 heteroatoms. The van der Waals surface area contributed by atoms with Crippen molar-refractivity contribution in [2.24, 2.45) is 5.92 Å². The summed E-state index contributed by atoms with van der Waals surface area (Å²) in [5.41, 5.74) is 0. The first-order valence-corrected chi connectivity index (χ1v) is 4.14.